The second-order valence-corrected chi connectivity index (χ2v) is 6.02. The smallest absolute Gasteiger partial charge is 0.0298 e. The molecule has 1 saturated carbocycles. The van der Waals surface area contributed by atoms with Gasteiger partial charge in [0.1, 0.15) is 0 Å². The molecule has 0 bridgehead atoms. The average molecular weight is 253 g/mol. The Balaban J connectivity index is 1.79. The zero-order valence-electron chi connectivity index (χ0n) is 11.9. The maximum atomic E-state index is 3.74. The van der Waals surface area contributed by atoms with Gasteiger partial charge < -0.3 is 5.32 Å². The predicted octanol–water partition coefficient (Wildman–Crippen LogP) is 4.68. The fourth-order valence-electron chi connectivity index (χ4n) is 2.94. The van der Waals surface area contributed by atoms with Crippen LogP contribution in [0.15, 0.2) is 42.5 Å². The van der Waals surface area contributed by atoms with Gasteiger partial charge in [-0.2, -0.15) is 0 Å². The topological polar surface area (TPSA) is 12.0 Å². The SMILES string of the molecule is CCC1(CNC(C)c2cccc3ccccc23)CC1. The first-order chi connectivity index (χ1) is 9.24. The van der Waals surface area contributed by atoms with E-state index in [4.69, 9.17) is 0 Å². The first-order valence-corrected chi connectivity index (χ1v) is 7.45. The quantitative estimate of drug-likeness (QED) is 0.815. The fourth-order valence-corrected chi connectivity index (χ4v) is 2.94. The Morgan fingerprint density at radius 1 is 1.11 bits per heavy atom. The number of benzene rings is 2. The van der Waals surface area contributed by atoms with Crippen LogP contribution in [0.2, 0.25) is 0 Å². The third-order valence-electron chi connectivity index (χ3n) is 4.78. The van der Waals surface area contributed by atoms with Crippen molar-refractivity contribution < 1.29 is 0 Å². The van der Waals surface area contributed by atoms with Crippen molar-refractivity contribution in [1.82, 2.24) is 5.32 Å². The fraction of sp³-hybridized carbons (Fsp3) is 0.444. The van der Waals surface area contributed by atoms with E-state index in [-0.39, 0.29) is 0 Å². The van der Waals surface area contributed by atoms with Gasteiger partial charge in [0.05, 0.1) is 0 Å². The normalized spacial score (nSPS) is 18.4. The summed E-state index contributed by atoms with van der Waals surface area (Å²) in [6.45, 7) is 5.76. The molecule has 0 amide bonds. The van der Waals surface area contributed by atoms with Crippen LogP contribution in [0.5, 0.6) is 0 Å². The molecule has 1 atom stereocenters. The highest BCUT2D eigenvalue weighted by Crippen LogP contribution is 2.48. The van der Waals surface area contributed by atoms with Crippen LogP contribution in [-0.2, 0) is 0 Å². The minimum absolute atomic E-state index is 0.426. The first-order valence-electron chi connectivity index (χ1n) is 7.45. The molecule has 0 radical (unpaired) electrons. The van der Waals surface area contributed by atoms with Crippen LogP contribution in [0.4, 0.5) is 0 Å². The maximum absolute atomic E-state index is 3.74. The van der Waals surface area contributed by atoms with Gasteiger partial charge in [-0.05, 0) is 47.9 Å². The highest BCUT2D eigenvalue weighted by atomic mass is 14.9. The molecule has 1 unspecified atom stereocenters. The van der Waals surface area contributed by atoms with E-state index < -0.39 is 0 Å². The lowest BCUT2D eigenvalue weighted by molar-refractivity contribution is 0.416. The predicted molar refractivity (Wildman–Crippen MR) is 82.3 cm³/mol. The molecule has 100 valence electrons. The van der Waals surface area contributed by atoms with Crippen LogP contribution < -0.4 is 5.32 Å². The van der Waals surface area contributed by atoms with E-state index in [1.54, 1.807) is 0 Å². The van der Waals surface area contributed by atoms with E-state index in [0.29, 0.717) is 11.5 Å². The molecule has 1 heteroatoms. The van der Waals surface area contributed by atoms with Crippen LogP contribution >= 0.6 is 0 Å². The molecule has 2 aromatic carbocycles. The number of rotatable bonds is 5. The van der Waals surface area contributed by atoms with Gasteiger partial charge in [-0.25, -0.2) is 0 Å². The van der Waals surface area contributed by atoms with Crippen LogP contribution in [0.25, 0.3) is 10.8 Å². The highest BCUT2D eigenvalue weighted by molar-refractivity contribution is 5.86. The van der Waals surface area contributed by atoms with Crippen LogP contribution in [0, 0.1) is 5.41 Å². The summed E-state index contributed by atoms with van der Waals surface area (Å²) in [5.41, 5.74) is 2.03. The average Bonchev–Trinajstić information content (AvgIpc) is 3.25. The summed E-state index contributed by atoms with van der Waals surface area (Å²) < 4.78 is 0. The Morgan fingerprint density at radius 3 is 2.58 bits per heavy atom. The Kier molecular flexibility index (Phi) is 3.32. The monoisotopic (exact) mass is 253 g/mol. The lowest BCUT2D eigenvalue weighted by Crippen LogP contribution is -2.26. The molecule has 1 fully saturated rings. The molecular formula is C18H23N. The molecule has 0 spiro atoms. The summed E-state index contributed by atoms with van der Waals surface area (Å²) in [5.74, 6) is 0. The van der Waals surface area contributed by atoms with E-state index in [9.17, 15) is 0 Å². The highest BCUT2D eigenvalue weighted by Gasteiger charge is 2.40. The molecule has 1 N–H and O–H groups in total. The van der Waals surface area contributed by atoms with Gasteiger partial charge in [-0.3, -0.25) is 0 Å². The Bertz CT molecular complexity index is 563. The first kappa shape index (κ1) is 12.7. The molecule has 1 aliphatic carbocycles. The Labute approximate surface area is 116 Å². The number of nitrogens with one attached hydrogen (secondary N) is 1. The summed E-state index contributed by atoms with van der Waals surface area (Å²) >= 11 is 0. The van der Waals surface area contributed by atoms with E-state index in [1.807, 2.05) is 0 Å². The summed E-state index contributed by atoms with van der Waals surface area (Å²) in [6.07, 6.45) is 4.11. The van der Waals surface area contributed by atoms with Crippen molar-refractivity contribution in [2.24, 2.45) is 5.41 Å². The van der Waals surface area contributed by atoms with Crippen molar-refractivity contribution in [3.8, 4) is 0 Å². The minimum Gasteiger partial charge on any atom is -0.310 e. The van der Waals surface area contributed by atoms with Crippen molar-refractivity contribution in [2.75, 3.05) is 6.54 Å². The Hall–Kier alpha value is -1.34. The maximum Gasteiger partial charge on any atom is 0.0298 e. The van der Waals surface area contributed by atoms with Gasteiger partial charge in [0, 0.05) is 12.6 Å². The van der Waals surface area contributed by atoms with E-state index in [2.05, 4.69) is 61.6 Å². The van der Waals surface area contributed by atoms with E-state index >= 15 is 0 Å². The zero-order valence-corrected chi connectivity index (χ0v) is 11.9. The third kappa shape index (κ3) is 2.52. The number of hydrogen-bond donors (Lipinski definition) is 1. The zero-order chi connectivity index (χ0) is 13.3. The lowest BCUT2D eigenvalue weighted by Gasteiger charge is -2.20. The van der Waals surface area contributed by atoms with Gasteiger partial charge in [-0.1, -0.05) is 49.4 Å². The number of hydrogen-bond acceptors (Lipinski definition) is 1. The molecule has 0 saturated heterocycles. The molecule has 3 rings (SSSR count). The van der Waals surface area contributed by atoms with Crippen molar-refractivity contribution in [3.63, 3.8) is 0 Å². The Morgan fingerprint density at radius 2 is 1.84 bits per heavy atom. The second kappa shape index (κ2) is 4.97. The van der Waals surface area contributed by atoms with Gasteiger partial charge >= 0.3 is 0 Å². The molecule has 0 heterocycles. The summed E-state index contributed by atoms with van der Waals surface area (Å²) in [4.78, 5) is 0. The van der Waals surface area contributed by atoms with Crippen molar-refractivity contribution in [2.45, 2.75) is 39.2 Å². The number of fused-ring (bicyclic) bond motifs is 1. The third-order valence-corrected chi connectivity index (χ3v) is 4.78. The molecule has 0 aliphatic heterocycles. The largest absolute Gasteiger partial charge is 0.310 e. The van der Waals surface area contributed by atoms with Crippen molar-refractivity contribution in [3.05, 3.63) is 48.0 Å². The van der Waals surface area contributed by atoms with Crippen molar-refractivity contribution >= 4 is 10.8 Å². The molecule has 19 heavy (non-hydrogen) atoms. The second-order valence-electron chi connectivity index (χ2n) is 6.02. The molecular weight excluding hydrogens is 230 g/mol. The molecule has 1 nitrogen and oxygen atoms in total. The standard InChI is InChI=1S/C18H23N/c1-3-18(11-12-18)13-19-14(2)16-10-6-8-15-7-4-5-9-17(15)16/h4-10,14,19H,3,11-13H2,1-2H3. The molecule has 0 aromatic heterocycles. The molecule has 2 aromatic rings. The van der Waals surface area contributed by atoms with Gasteiger partial charge in [0.2, 0.25) is 0 Å². The van der Waals surface area contributed by atoms with Crippen molar-refractivity contribution in [1.29, 1.82) is 0 Å². The summed E-state index contributed by atoms with van der Waals surface area (Å²) in [5, 5.41) is 6.46. The molecule has 1 aliphatic rings. The van der Waals surface area contributed by atoms with Gasteiger partial charge in [0.15, 0.2) is 0 Å². The minimum atomic E-state index is 0.426. The van der Waals surface area contributed by atoms with Gasteiger partial charge in [-0.15, -0.1) is 0 Å². The van der Waals surface area contributed by atoms with E-state index in [0.717, 1.165) is 6.54 Å². The van der Waals surface area contributed by atoms with Crippen LogP contribution in [0.1, 0.15) is 44.7 Å². The summed E-state index contributed by atoms with van der Waals surface area (Å²) in [6, 6.07) is 15.7. The van der Waals surface area contributed by atoms with Crippen LogP contribution in [-0.4, -0.2) is 6.54 Å². The summed E-state index contributed by atoms with van der Waals surface area (Å²) in [7, 11) is 0. The van der Waals surface area contributed by atoms with Crippen LogP contribution in [0.3, 0.4) is 0 Å². The van der Waals surface area contributed by atoms with E-state index in [1.165, 1.54) is 35.6 Å². The van der Waals surface area contributed by atoms with Gasteiger partial charge in [0.25, 0.3) is 0 Å². The lowest BCUT2D eigenvalue weighted by atomic mass is 9.98.